The van der Waals surface area contributed by atoms with Crippen molar-refractivity contribution in [3.05, 3.63) is 0 Å². The van der Waals surface area contributed by atoms with Gasteiger partial charge in [0.15, 0.2) is 0 Å². The summed E-state index contributed by atoms with van der Waals surface area (Å²) in [4.78, 5) is 2.01. The molecule has 0 aromatic carbocycles. The van der Waals surface area contributed by atoms with Gasteiger partial charge < -0.3 is 19.6 Å². The fraction of sp³-hybridized carbons (Fsp3) is 0.929. The fourth-order valence-electron chi connectivity index (χ4n) is 3.48. The van der Waals surface area contributed by atoms with Crippen molar-refractivity contribution >= 4 is 13.0 Å². The van der Waals surface area contributed by atoms with E-state index in [-0.39, 0.29) is 0 Å². The zero-order valence-corrected chi connectivity index (χ0v) is 14.5. The average Bonchev–Trinajstić information content (AvgIpc) is 2.64. The van der Waals surface area contributed by atoms with E-state index in [1.54, 1.807) is 0 Å². The van der Waals surface area contributed by atoms with Crippen molar-refractivity contribution in [3.8, 4) is 0 Å². The Morgan fingerprint density at radius 2 is 1.30 bits per heavy atom. The second kappa shape index (κ2) is 7.94. The maximum Gasteiger partial charge on any atom is 0.283 e. The molecule has 3 aliphatic rings. The predicted octanol–water partition coefficient (Wildman–Crippen LogP) is 1.07. The molecule has 0 amide bonds. The Kier molecular flexibility index (Phi) is 5.93. The number of hydrogen-bond donors (Lipinski definition) is 1. The summed E-state index contributed by atoms with van der Waals surface area (Å²) in [7, 11) is -3.12. The lowest BCUT2D eigenvalue weighted by atomic mass is 10.1. The van der Waals surface area contributed by atoms with Gasteiger partial charge in [-0.2, -0.15) is 0 Å². The van der Waals surface area contributed by atoms with Gasteiger partial charge in [-0.05, 0) is 19.3 Å². The smallest absolute Gasteiger partial charge is 0.283 e. The van der Waals surface area contributed by atoms with Crippen molar-refractivity contribution in [1.29, 1.82) is 0 Å². The van der Waals surface area contributed by atoms with E-state index in [4.69, 9.17) is 9.47 Å². The van der Waals surface area contributed by atoms with E-state index in [0.717, 1.165) is 25.9 Å². The fourth-order valence-corrected chi connectivity index (χ4v) is 6.44. The Morgan fingerprint density at radius 3 is 1.74 bits per heavy atom. The SMILES string of the molecule is O=P(C(=NO)N1CCCCC1)(N1CCOCC1)N1CCOCC1. The van der Waals surface area contributed by atoms with Crippen LogP contribution in [0.1, 0.15) is 19.3 Å². The number of rotatable bonds is 3. The number of amidine groups is 1. The molecule has 3 heterocycles. The van der Waals surface area contributed by atoms with Gasteiger partial charge in [0.1, 0.15) is 0 Å². The zero-order valence-electron chi connectivity index (χ0n) is 13.6. The molecule has 0 saturated carbocycles. The van der Waals surface area contributed by atoms with Crippen molar-refractivity contribution in [2.24, 2.45) is 5.16 Å². The molecule has 0 aliphatic carbocycles. The van der Waals surface area contributed by atoms with Crippen LogP contribution in [-0.4, -0.2) is 90.7 Å². The van der Waals surface area contributed by atoms with Crippen LogP contribution in [0.5, 0.6) is 0 Å². The average molecular weight is 346 g/mol. The quantitative estimate of drug-likeness (QED) is 0.269. The molecule has 9 heteroatoms. The van der Waals surface area contributed by atoms with Gasteiger partial charge in [-0.1, -0.05) is 5.16 Å². The normalized spacial score (nSPS) is 26.4. The number of oxime groups is 1. The lowest BCUT2D eigenvalue weighted by molar-refractivity contribution is 0.0536. The van der Waals surface area contributed by atoms with E-state index in [1.807, 2.05) is 14.2 Å². The standard InChI is InChI=1S/C14H27N4O4P/c19-15-14(16-4-2-1-3-5-16)23(20,17-6-10-21-11-7-17)18-8-12-22-13-9-18/h19H,1-13H2. The summed E-state index contributed by atoms with van der Waals surface area (Å²) in [6.45, 7) is 6.25. The number of likely N-dealkylation sites (tertiary alicyclic amines) is 1. The van der Waals surface area contributed by atoms with Crippen LogP contribution in [0.15, 0.2) is 5.16 Å². The molecule has 0 radical (unpaired) electrons. The zero-order chi connectivity index (χ0) is 16.1. The van der Waals surface area contributed by atoms with Gasteiger partial charge in [0, 0.05) is 39.3 Å². The van der Waals surface area contributed by atoms with Gasteiger partial charge in [-0.25, -0.2) is 9.34 Å². The molecule has 0 spiro atoms. The summed E-state index contributed by atoms with van der Waals surface area (Å²) in [5.41, 5.74) is 0.348. The Bertz CT molecular complexity index is 436. The summed E-state index contributed by atoms with van der Waals surface area (Å²) in [6.07, 6.45) is 3.27. The first kappa shape index (κ1) is 17.2. The van der Waals surface area contributed by atoms with Crippen molar-refractivity contribution in [2.45, 2.75) is 19.3 Å². The third-order valence-electron chi connectivity index (χ3n) is 4.73. The van der Waals surface area contributed by atoms with Crippen LogP contribution < -0.4 is 0 Å². The van der Waals surface area contributed by atoms with Crippen molar-refractivity contribution in [2.75, 3.05) is 65.7 Å². The van der Waals surface area contributed by atoms with Crippen molar-refractivity contribution in [3.63, 3.8) is 0 Å². The number of morpholine rings is 2. The summed E-state index contributed by atoms with van der Waals surface area (Å²) < 4.78 is 28.9. The van der Waals surface area contributed by atoms with E-state index in [0.29, 0.717) is 58.2 Å². The second-order valence-corrected chi connectivity index (χ2v) is 8.74. The van der Waals surface area contributed by atoms with Crippen LogP contribution in [0.25, 0.3) is 0 Å². The van der Waals surface area contributed by atoms with E-state index in [2.05, 4.69) is 5.16 Å². The van der Waals surface area contributed by atoms with Gasteiger partial charge in [-0.15, -0.1) is 0 Å². The number of piperidine rings is 1. The molecule has 8 nitrogen and oxygen atoms in total. The lowest BCUT2D eigenvalue weighted by Crippen LogP contribution is -2.49. The molecule has 3 saturated heterocycles. The molecule has 0 atom stereocenters. The highest BCUT2D eigenvalue weighted by molar-refractivity contribution is 7.76. The first-order valence-corrected chi connectivity index (χ1v) is 10.1. The Balaban J connectivity index is 1.90. The molecule has 0 aromatic rings. The first-order chi connectivity index (χ1) is 11.3. The maximum atomic E-state index is 14.2. The van der Waals surface area contributed by atoms with E-state index < -0.39 is 7.44 Å². The molecule has 132 valence electrons. The monoisotopic (exact) mass is 346 g/mol. The Hall–Kier alpha value is -0.660. The topological polar surface area (TPSA) is 77.8 Å². The van der Waals surface area contributed by atoms with E-state index >= 15 is 0 Å². The maximum absolute atomic E-state index is 14.2. The predicted molar refractivity (Wildman–Crippen MR) is 87.0 cm³/mol. The van der Waals surface area contributed by atoms with Gasteiger partial charge in [-0.3, -0.25) is 4.57 Å². The molecule has 3 rings (SSSR count). The van der Waals surface area contributed by atoms with E-state index in [9.17, 15) is 9.77 Å². The third-order valence-corrected chi connectivity index (χ3v) is 7.96. The van der Waals surface area contributed by atoms with Gasteiger partial charge in [0.2, 0.25) is 5.58 Å². The van der Waals surface area contributed by atoms with Gasteiger partial charge >= 0.3 is 0 Å². The van der Waals surface area contributed by atoms with Gasteiger partial charge in [0.05, 0.1) is 26.4 Å². The lowest BCUT2D eigenvalue weighted by Gasteiger charge is -2.44. The molecule has 0 aromatic heterocycles. The molecule has 0 bridgehead atoms. The molecule has 23 heavy (non-hydrogen) atoms. The number of hydrogen-bond acceptors (Lipinski definition) is 5. The second-order valence-electron chi connectivity index (χ2n) is 6.12. The summed E-state index contributed by atoms with van der Waals surface area (Å²) >= 11 is 0. The van der Waals surface area contributed by atoms with Crippen LogP contribution in [-0.2, 0) is 14.0 Å². The highest BCUT2D eigenvalue weighted by Crippen LogP contribution is 2.56. The van der Waals surface area contributed by atoms with E-state index in [1.165, 1.54) is 6.42 Å². The van der Waals surface area contributed by atoms with Crippen molar-refractivity contribution in [1.82, 2.24) is 14.2 Å². The molecular formula is C14H27N4O4P. The van der Waals surface area contributed by atoms with Crippen LogP contribution in [0.2, 0.25) is 0 Å². The molecule has 3 aliphatic heterocycles. The first-order valence-electron chi connectivity index (χ1n) is 8.51. The van der Waals surface area contributed by atoms with Crippen LogP contribution >= 0.6 is 7.44 Å². The highest BCUT2D eigenvalue weighted by atomic mass is 31.2. The number of nitrogens with zero attached hydrogens (tertiary/aromatic N) is 4. The minimum absolute atomic E-state index is 0.348. The highest BCUT2D eigenvalue weighted by Gasteiger charge is 2.46. The van der Waals surface area contributed by atoms with Crippen LogP contribution in [0.4, 0.5) is 0 Å². The van der Waals surface area contributed by atoms with Crippen molar-refractivity contribution < 1.29 is 19.2 Å². The molecule has 1 N–H and O–H groups in total. The minimum Gasteiger partial charge on any atom is -0.409 e. The Morgan fingerprint density at radius 1 is 0.826 bits per heavy atom. The third kappa shape index (κ3) is 3.56. The number of ether oxygens (including phenoxy) is 2. The van der Waals surface area contributed by atoms with Gasteiger partial charge in [0.25, 0.3) is 7.44 Å². The van der Waals surface area contributed by atoms with Crippen LogP contribution in [0.3, 0.4) is 0 Å². The molecule has 0 unspecified atom stereocenters. The molecule has 3 fully saturated rings. The van der Waals surface area contributed by atoms with Crippen LogP contribution in [0, 0.1) is 0 Å². The molecular weight excluding hydrogens is 319 g/mol. The summed E-state index contributed by atoms with van der Waals surface area (Å²) in [5, 5.41) is 13.3. The Labute approximate surface area is 137 Å². The summed E-state index contributed by atoms with van der Waals surface area (Å²) in [5.74, 6) is 0. The minimum atomic E-state index is -3.12. The largest absolute Gasteiger partial charge is 0.409 e. The summed E-state index contributed by atoms with van der Waals surface area (Å²) in [6, 6.07) is 0.